The van der Waals surface area contributed by atoms with Crippen LogP contribution in [-0.4, -0.2) is 19.0 Å². The van der Waals surface area contributed by atoms with Crippen molar-refractivity contribution in [2.24, 2.45) is 5.92 Å². The number of benzene rings is 1. The number of halogens is 3. The van der Waals surface area contributed by atoms with Crippen molar-refractivity contribution < 1.29 is 18.0 Å². The Bertz CT molecular complexity index is 427. The summed E-state index contributed by atoms with van der Waals surface area (Å²) in [4.78, 5) is 11.4. The Kier molecular flexibility index (Phi) is 5.66. The van der Waals surface area contributed by atoms with E-state index in [1.54, 1.807) is 0 Å². The highest BCUT2D eigenvalue weighted by Crippen LogP contribution is 2.16. The monoisotopic (exact) mass is 274 g/mol. The second-order valence-electron chi connectivity index (χ2n) is 4.64. The highest BCUT2D eigenvalue weighted by molar-refractivity contribution is 5.80. The van der Waals surface area contributed by atoms with E-state index in [2.05, 4.69) is 10.6 Å². The number of amides is 1. The summed E-state index contributed by atoms with van der Waals surface area (Å²) in [7, 11) is 0. The first-order chi connectivity index (χ1) is 8.90. The minimum atomic E-state index is -1.52. The molecule has 0 aliphatic rings. The van der Waals surface area contributed by atoms with Gasteiger partial charge in [0.1, 0.15) is 0 Å². The molecule has 2 N–H and O–H groups in total. The van der Waals surface area contributed by atoms with Crippen LogP contribution in [0.4, 0.5) is 18.9 Å². The summed E-state index contributed by atoms with van der Waals surface area (Å²) in [5.74, 6) is -3.91. The zero-order valence-electron chi connectivity index (χ0n) is 10.9. The van der Waals surface area contributed by atoms with Gasteiger partial charge in [0.15, 0.2) is 17.5 Å². The van der Waals surface area contributed by atoms with Gasteiger partial charge in [-0.3, -0.25) is 4.79 Å². The lowest BCUT2D eigenvalue weighted by Crippen LogP contribution is -2.31. The van der Waals surface area contributed by atoms with E-state index in [0.717, 1.165) is 18.6 Å². The van der Waals surface area contributed by atoms with Crippen LogP contribution in [0.2, 0.25) is 0 Å². The van der Waals surface area contributed by atoms with Gasteiger partial charge in [0.2, 0.25) is 5.91 Å². The van der Waals surface area contributed by atoms with E-state index in [1.165, 1.54) is 0 Å². The molecule has 0 aromatic heterocycles. The van der Waals surface area contributed by atoms with Crippen LogP contribution >= 0.6 is 0 Å². The summed E-state index contributed by atoms with van der Waals surface area (Å²) in [5.41, 5.74) is 0.0235. The number of carbonyl (C=O) groups is 1. The van der Waals surface area contributed by atoms with E-state index in [4.69, 9.17) is 0 Å². The molecule has 0 radical (unpaired) electrons. The third-order valence-electron chi connectivity index (χ3n) is 2.48. The third-order valence-corrected chi connectivity index (χ3v) is 2.48. The third kappa shape index (κ3) is 5.19. The lowest BCUT2D eigenvalue weighted by Gasteiger charge is -2.09. The fraction of sp³-hybridized carbons (Fsp3) is 0.462. The first-order valence-corrected chi connectivity index (χ1v) is 6.05. The van der Waals surface area contributed by atoms with Gasteiger partial charge in [-0.05, 0) is 12.3 Å². The second-order valence-corrected chi connectivity index (χ2v) is 4.64. The minimum absolute atomic E-state index is 0.0235. The average molecular weight is 274 g/mol. The van der Waals surface area contributed by atoms with E-state index in [9.17, 15) is 18.0 Å². The van der Waals surface area contributed by atoms with Crippen molar-refractivity contribution >= 4 is 11.6 Å². The molecule has 0 heterocycles. The van der Waals surface area contributed by atoms with Crippen LogP contribution in [0.25, 0.3) is 0 Å². The molecule has 0 unspecified atom stereocenters. The number of hydrogen-bond acceptors (Lipinski definition) is 2. The SMILES string of the molecule is CC(C)CCNC(=O)CNc1cc(F)c(F)c(F)c1. The number of nitrogens with one attached hydrogen (secondary N) is 2. The molecule has 0 atom stereocenters. The summed E-state index contributed by atoms with van der Waals surface area (Å²) in [6.07, 6.45) is 0.853. The fourth-order valence-corrected chi connectivity index (χ4v) is 1.40. The molecule has 1 amide bonds. The van der Waals surface area contributed by atoms with Gasteiger partial charge < -0.3 is 10.6 Å². The summed E-state index contributed by atoms with van der Waals surface area (Å²) >= 11 is 0. The molecule has 0 aliphatic carbocycles. The lowest BCUT2D eigenvalue weighted by atomic mass is 10.1. The Morgan fingerprint density at radius 1 is 1.21 bits per heavy atom. The van der Waals surface area contributed by atoms with E-state index < -0.39 is 17.5 Å². The minimum Gasteiger partial charge on any atom is -0.376 e. The lowest BCUT2D eigenvalue weighted by molar-refractivity contribution is -0.119. The number of hydrogen-bond donors (Lipinski definition) is 2. The van der Waals surface area contributed by atoms with Crippen molar-refractivity contribution in [3.63, 3.8) is 0 Å². The Hall–Kier alpha value is -1.72. The molecule has 0 aliphatic heterocycles. The van der Waals surface area contributed by atoms with Gasteiger partial charge >= 0.3 is 0 Å². The fourth-order valence-electron chi connectivity index (χ4n) is 1.40. The largest absolute Gasteiger partial charge is 0.376 e. The van der Waals surface area contributed by atoms with E-state index >= 15 is 0 Å². The Morgan fingerprint density at radius 3 is 2.32 bits per heavy atom. The molecule has 0 bridgehead atoms. The zero-order valence-corrected chi connectivity index (χ0v) is 10.9. The normalized spacial score (nSPS) is 10.6. The van der Waals surface area contributed by atoms with Crippen LogP contribution in [0.5, 0.6) is 0 Å². The number of rotatable bonds is 6. The topological polar surface area (TPSA) is 41.1 Å². The predicted octanol–water partition coefficient (Wildman–Crippen LogP) is 2.68. The molecule has 1 aromatic rings. The van der Waals surface area contributed by atoms with Crippen LogP contribution in [0.3, 0.4) is 0 Å². The highest BCUT2D eigenvalue weighted by Gasteiger charge is 2.10. The zero-order chi connectivity index (χ0) is 14.4. The molecular weight excluding hydrogens is 257 g/mol. The van der Waals surface area contributed by atoms with Crippen LogP contribution in [0, 0.1) is 23.4 Å². The maximum Gasteiger partial charge on any atom is 0.239 e. The van der Waals surface area contributed by atoms with Crippen LogP contribution in [0.15, 0.2) is 12.1 Å². The summed E-state index contributed by atoms with van der Waals surface area (Å²) < 4.78 is 38.5. The Morgan fingerprint density at radius 2 is 1.79 bits per heavy atom. The van der Waals surface area contributed by atoms with Gasteiger partial charge in [-0.1, -0.05) is 13.8 Å². The molecule has 6 heteroatoms. The first kappa shape index (κ1) is 15.3. The maximum atomic E-state index is 12.9. The van der Waals surface area contributed by atoms with Crippen molar-refractivity contribution in [3.05, 3.63) is 29.6 Å². The Labute approximate surface area is 110 Å². The molecule has 0 saturated heterocycles. The molecule has 0 fully saturated rings. The molecule has 3 nitrogen and oxygen atoms in total. The van der Waals surface area contributed by atoms with Crippen LogP contribution in [0.1, 0.15) is 20.3 Å². The van der Waals surface area contributed by atoms with E-state index in [0.29, 0.717) is 12.5 Å². The van der Waals surface area contributed by atoms with Crippen LogP contribution < -0.4 is 10.6 Å². The van der Waals surface area contributed by atoms with Crippen molar-refractivity contribution in [2.75, 3.05) is 18.4 Å². The van der Waals surface area contributed by atoms with Crippen LogP contribution in [-0.2, 0) is 4.79 Å². The molecule has 0 spiro atoms. The summed E-state index contributed by atoms with van der Waals surface area (Å²) in [5, 5.41) is 5.19. The predicted molar refractivity (Wildman–Crippen MR) is 67.3 cm³/mol. The molecule has 1 aromatic carbocycles. The average Bonchev–Trinajstić information content (AvgIpc) is 2.32. The first-order valence-electron chi connectivity index (χ1n) is 6.05. The Balaban J connectivity index is 2.42. The van der Waals surface area contributed by atoms with Gasteiger partial charge in [0.05, 0.1) is 6.54 Å². The standard InChI is InChI=1S/C13H17F3N2O/c1-8(2)3-4-17-12(19)7-18-9-5-10(14)13(16)11(15)6-9/h5-6,8,18H,3-4,7H2,1-2H3,(H,17,19). The molecular formula is C13H17F3N2O. The number of anilines is 1. The second kappa shape index (κ2) is 7.01. The van der Waals surface area contributed by atoms with Gasteiger partial charge in [-0.2, -0.15) is 0 Å². The van der Waals surface area contributed by atoms with Gasteiger partial charge in [0, 0.05) is 24.4 Å². The molecule has 1 rings (SSSR count). The van der Waals surface area contributed by atoms with Gasteiger partial charge in [-0.15, -0.1) is 0 Å². The van der Waals surface area contributed by atoms with Crippen molar-refractivity contribution in [2.45, 2.75) is 20.3 Å². The summed E-state index contributed by atoms with van der Waals surface area (Å²) in [6, 6.07) is 1.61. The van der Waals surface area contributed by atoms with Crippen molar-refractivity contribution in [3.8, 4) is 0 Å². The molecule has 106 valence electrons. The van der Waals surface area contributed by atoms with Gasteiger partial charge in [-0.25, -0.2) is 13.2 Å². The van der Waals surface area contributed by atoms with Gasteiger partial charge in [0.25, 0.3) is 0 Å². The maximum absolute atomic E-state index is 12.9. The smallest absolute Gasteiger partial charge is 0.239 e. The van der Waals surface area contributed by atoms with Crippen molar-refractivity contribution in [1.82, 2.24) is 5.32 Å². The quantitative estimate of drug-likeness (QED) is 0.783. The highest BCUT2D eigenvalue weighted by atomic mass is 19.2. The molecule has 19 heavy (non-hydrogen) atoms. The van der Waals surface area contributed by atoms with Crippen molar-refractivity contribution in [1.29, 1.82) is 0 Å². The van der Waals surface area contributed by atoms with E-state index in [1.807, 2.05) is 13.8 Å². The molecule has 0 saturated carbocycles. The van der Waals surface area contributed by atoms with E-state index in [-0.39, 0.29) is 18.1 Å². The summed E-state index contributed by atoms with van der Waals surface area (Å²) in [6.45, 7) is 4.50. The number of carbonyl (C=O) groups excluding carboxylic acids is 1.